The third kappa shape index (κ3) is 3.80. The predicted octanol–water partition coefficient (Wildman–Crippen LogP) is 5.42. The number of H-pyrrole nitrogens is 1. The first kappa shape index (κ1) is 23.9. The highest BCUT2D eigenvalue weighted by Gasteiger charge is 2.33. The molecule has 0 fully saturated rings. The van der Waals surface area contributed by atoms with Crippen molar-refractivity contribution in [3.05, 3.63) is 95.4 Å². The molecule has 0 aliphatic heterocycles. The second kappa shape index (κ2) is 8.38. The Morgan fingerprint density at radius 2 is 1.86 bits per heavy atom. The standard InChI is InChI=1S/C24H15ClF3N3O4S/c1-11-2-4-16(25)12(6-11)8-30-18-5-3-13(24(26,27)28)7-14(18)19(20(30)22(33)34)31-21(32)15-9-36-10-17(15)29-23(31)35/h2-7,9-10H,8H2,1H3,(H,29,35)(H,33,34). The zero-order chi connectivity index (χ0) is 25.9. The number of hydrogen-bond acceptors (Lipinski definition) is 4. The maximum atomic E-state index is 13.6. The largest absolute Gasteiger partial charge is 0.477 e. The van der Waals surface area contributed by atoms with Crippen molar-refractivity contribution in [2.45, 2.75) is 19.6 Å². The molecule has 3 aromatic heterocycles. The van der Waals surface area contributed by atoms with Gasteiger partial charge < -0.3 is 14.7 Å². The van der Waals surface area contributed by atoms with Crippen LogP contribution < -0.4 is 11.2 Å². The van der Waals surface area contributed by atoms with Crippen molar-refractivity contribution < 1.29 is 23.1 Å². The minimum atomic E-state index is -4.74. The van der Waals surface area contributed by atoms with Crippen LogP contribution in [0, 0.1) is 6.92 Å². The second-order valence-electron chi connectivity index (χ2n) is 8.18. The SMILES string of the molecule is Cc1ccc(Cl)c(Cn2c(C(=O)O)c(-n3c(=O)[nH]c4cscc4c3=O)c3cc(C(F)(F)F)ccc32)c1. The first-order valence-electron chi connectivity index (χ1n) is 10.4. The molecule has 3 heterocycles. The Kier molecular flexibility index (Phi) is 5.56. The van der Waals surface area contributed by atoms with Crippen LogP contribution >= 0.6 is 22.9 Å². The summed E-state index contributed by atoms with van der Waals surface area (Å²) < 4.78 is 42.7. The van der Waals surface area contributed by atoms with Gasteiger partial charge in [0.05, 0.1) is 27.7 Å². The van der Waals surface area contributed by atoms with Gasteiger partial charge in [-0.3, -0.25) is 4.79 Å². The average Bonchev–Trinajstić information content (AvgIpc) is 3.38. The Labute approximate surface area is 208 Å². The van der Waals surface area contributed by atoms with E-state index in [9.17, 15) is 32.7 Å². The number of thiophene rings is 1. The molecular weight excluding hydrogens is 519 g/mol. The number of aromatic amines is 1. The minimum absolute atomic E-state index is 0.0877. The van der Waals surface area contributed by atoms with Crippen LogP contribution in [0.2, 0.25) is 5.02 Å². The van der Waals surface area contributed by atoms with E-state index in [1.165, 1.54) is 15.3 Å². The lowest BCUT2D eigenvalue weighted by atomic mass is 10.1. The van der Waals surface area contributed by atoms with Crippen LogP contribution in [0.1, 0.15) is 27.2 Å². The monoisotopic (exact) mass is 533 g/mol. The van der Waals surface area contributed by atoms with Gasteiger partial charge in [-0.15, -0.1) is 11.3 Å². The Morgan fingerprint density at radius 1 is 1.11 bits per heavy atom. The number of hydrogen-bond donors (Lipinski definition) is 2. The topological polar surface area (TPSA) is 97.1 Å². The van der Waals surface area contributed by atoms with Crippen LogP contribution in [0.5, 0.6) is 0 Å². The van der Waals surface area contributed by atoms with Crippen molar-refractivity contribution in [1.29, 1.82) is 0 Å². The number of halogens is 4. The second-order valence-corrected chi connectivity index (χ2v) is 9.33. The molecule has 0 atom stereocenters. The Hall–Kier alpha value is -3.83. The van der Waals surface area contributed by atoms with E-state index in [1.807, 2.05) is 6.92 Å². The van der Waals surface area contributed by atoms with Gasteiger partial charge in [0.25, 0.3) is 5.56 Å². The van der Waals surface area contributed by atoms with E-state index in [0.29, 0.717) is 15.2 Å². The number of carboxylic acid groups (broad SMARTS) is 1. The molecule has 0 bridgehead atoms. The molecule has 36 heavy (non-hydrogen) atoms. The Morgan fingerprint density at radius 3 is 2.56 bits per heavy atom. The van der Waals surface area contributed by atoms with Gasteiger partial charge in [-0.05, 0) is 36.8 Å². The minimum Gasteiger partial charge on any atom is -0.477 e. The number of carbonyl (C=O) groups is 1. The number of fused-ring (bicyclic) bond motifs is 2. The summed E-state index contributed by atoms with van der Waals surface area (Å²) >= 11 is 7.46. The molecule has 0 aliphatic rings. The highest BCUT2D eigenvalue weighted by molar-refractivity contribution is 7.09. The molecule has 5 rings (SSSR count). The number of rotatable bonds is 4. The molecule has 0 spiro atoms. The summed E-state index contributed by atoms with van der Waals surface area (Å²) in [6.45, 7) is 1.68. The van der Waals surface area contributed by atoms with Gasteiger partial charge in [-0.25, -0.2) is 14.2 Å². The van der Waals surface area contributed by atoms with E-state index >= 15 is 0 Å². The van der Waals surface area contributed by atoms with Gasteiger partial charge >= 0.3 is 17.8 Å². The van der Waals surface area contributed by atoms with Gasteiger partial charge in [0.15, 0.2) is 5.69 Å². The van der Waals surface area contributed by atoms with E-state index in [0.717, 1.165) is 35.1 Å². The van der Waals surface area contributed by atoms with Crippen LogP contribution in [0.4, 0.5) is 13.2 Å². The van der Waals surface area contributed by atoms with Crippen molar-refractivity contribution in [3.63, 3.8) is 0 Å². The lowest BCUT2D eigenvalue weighted by Crippen LogP contribution is -2.34. The summed E-state index contributed by atoms with van der Waals surface area (Å²) in [5.41, 5.74) is -2.18. The molecule has 0 radical (unpaired) electrons. The molecule has 5 aromatic rings. The number of alkyl halides is 3. The van der Waals surface area contributed by atoms with E-state index in [1.54, 1.807) is 18.2 Å². The number of benzene rings is 2. The van der Waals surface area contributed by atoms with Crippen molar-refractivity contribution in [2.75, 3.05) is 0 Å². The molecule has 184 valence electrons. The van der Waals surface area contributed by atoms with Crippen molar-refractivity contribution in [3.8, 4) is 5.69 Å². The summed E-state index contributed by atoms with van der Waals surface area (Å²) in [5, 5.41) is 13.4. The predicted molar refractivity (Wildman–Crippen MR) is 131 cm³/mol. The fourth-order valence-electron chi connectivity index (χ4n) is 4.26. The van der Waals surface area contributed by atoms with Gasteiger partial charge in [0.1, 0.15) is 0 Å². The maximum Gasteiger partial charge on any atom is 0.416 e. The summed E-state index contributed by atoms with van der Waals surface area (Å²) in [4.78, 5) is 41.3. The quantitative estimate of drug-likeness (QED) is 0.322. The number of aromatic nitrogens is 3. The molecule has 2 aromatic carbocycles. The molecule has 0 amide bonds. The van der Waals surface area contributed by atoms with Gasteiger partial charge in [0.2, 0.25) is 0 Å². The molecule has 0 aliphatic carbocycles. The highest BCUT2D eigenvalue weighted by Crippen LogP contribution is 2.36. The number of aromatic carboxylic acids is 1. The molecule has 0 unspecified atom stereocenters. The summed E-state index contributed by atoms with van der Waals surface area (Å²) in [6.07, 6.45) is -4.74. The molecule has 12 heteroatoms. The van der Waals surface area contributed by atoms with Crippen molar-refractivity contribution in [1.82, 2.24) is 14.1 Å². The lowest BCUT2D eigenvalue weighted by Gasteiger charge is -2.12. The van der Waals surface area contributed by atoms with E-state index in [-0.39, 0.29) is 28.4 Å². The zero-order valence-corrected chi connectivity index (χ0v) is 19.9. The third-order valence-corrected chi connectivity index (χ3v) is 6.97. The molecule has 2 N–H and O–H groups in total. The average molecular weight is 534 g/mol. The van der Waals surface area contributed by atoms with Gasteiger partial charge in [-0.1, -0.05) is 29.3 Å². The van der Waals surface area contributed by atoms with Gasteiger partial charge in [-0.2, -0.15) is 13.2 Å². The third-order valence-electron chi connectivity index (χ3n) is 5.86. The van der Waals surface area contributed by atoms with Crippen molar-refractivity contribution >= 4 is 50.7 Å². The summed E-state index contributed by atoms with van der Waals surface area (Å²) in [7, 11) is 0. The van der Waals surface area contributed by atoms with Crippen molar-refractivity contribution in [2.24, 2.45) is 0 Å². The smallest absolute Gasteiger partial charge is 0.416 e. The van der Waals surface area contributed by atoms with Gasteiger partial charge in [0, 0.05) is 27.7 Å². The fourth-order valence-corrected chi connectivity index (χ4v) is 5.19. The first-order chi connectivity index (χ1) is 17.0. The maximum absolute atomic E-state index is 13.6. The van der Waals surface area contributed by atoms with Crippen LogP contribution in [0.25, 0.3) is 27.5 Å². The molecular formula is C24H15ClF3N3O4S. The molecule has 0 saturated heterocycles. The summed E-state index contributed by atoms with van der Waals surface area (Å²) in [6, 6.07) is 7.80. The zero-order valence-electron chi connectivity index (χ0n) is 18.3. The van der Waals surface area contributed by atoms with Crippen LogP contribution in [-0.4, -0.2) is 25.2 Å². The van der Waals surface area contributed by atoms with E-state index in [4.69, 9.17) is 11.6 Å². The number of aryl methyl sites for hydroxylation is 1. The van der Waals surface area contributed by atoms with Crippen LogP contribution in [0.15, 0.2) is 56.7 Å². The first-order valence-corrected chi connectivity index (χ1v) is 11.7. The van der Waals surface area contributed by atoms with E-state index in [2.05, 4.69) is 4.98 Å². The van der Waals surface area contributed by atoms with Crippen LogP contribution in [-0.2, 0) is 12.7 Å². The normalized spacial score (nSPS) is 12.0. The number of nitrogens with zero attached hydrogens (tertiary/aromatic N) is 2. The van der Waals surface area contributed by atoms with Crippen LogP contribution in [0.3, 0.4) is 0 Å². The lowest BCUT2D eigenvalue weighted by molar-refractivity contribution is -0.137. The van der Waals surface area contributed by atoms with E-state index < -0.39 is 40.3 Å². The number of carboxylic acids is 1. The fraction of sp³-hybridized carbons (Fsp3) is 0.125. The Bertz CT molecular complexity index is 1810. The molecule has 0 saturated carbocycles. The highest BCUT2D eigenvalue weighted by atomic mass is 35.5. The molecule has 7 nitrogen and oxygen atoms in total. The number of nitrogens with one attached hydrogen (secondary N) is 1. The Balaban J connectivity index is 1.94. The summed E-state index contributed by atoms with van der Waals surface area (Å²) in [5.74, 6) is -1.53.